The van der Waals surface area contributed by atoms with Crippen LogP contribution in [0.5, 0.6) is 0 Å². The van der Waals surface area contributed by atoms with Gasteiger partial charge >= 0.3 is 5.97 Å². The predicted octanol–water partition coefficient (Wildman–Crippen LogP) is 5.38. The lowest BCUT2D eigenvalue weighted by atomic mass is 10.1. The first-order valence-electron chi connectivity index (χ1n) is 7.41. The van der Waals surface area contributed by atoms with Crippen LogP contribution in [-0.4, -0.2) is 17.5 Å². The molecule has 0 fully saturated rings. The Labute approximate surface area is 152 Å². The maximum atomic E-state index is 12.4. The minimum Gasteiger partial charge on any atom is -0.462 e. The quantitative estimate of drug-likeness (QED) is 0.367. The number of halogens is 1. The Morgan fingerprint density at radius 1 is 1.32 bits per heavy atom. The molecule has 128 valence electrons. The molecular formula is C17H13ClN2O4S. The molecule has 0 aliphatic carbocycles. The van der Waals surface area contributed by atoms with Crippen molar-refractivity contribution in [3.05, 3.63) is 63.2 Å². The van der Waals surface area contributed by atoms with Crippen molar-refractivity contribution in [2.24, 2.45) is 0 Å². The molecule has 0 atom stereocenters. The molecule has 3 aromatic rings. The number of hydrogen-bond donors (Lipinski definition) is 1. The van der Waals surface area contributed by atoms with E-state index in [0.717, 1.165) is 10.1 Å². The van der Waals surface area contributed by atoms with Gasteiger partial charge in [0, 0.05) is 21.2 Å². The average molecular weight is 377 g/mol. The highest BCUT2D eigenvalue weighted by Crippen LogP contribution is 2.40. The van der Waals surface area contributed by atoms with Crippen molar-refractivity contribution in [3.63, 3.8) is 0 Å². The number of anilines is 2. The highest BCUT2D eigenvalue weighted by atomic mass is 35.5. The number of ether oxygens (including phenoxy) is 1. The summed E-state index contributed by atoms with van der Waals surface area (Å²) in [5.41, 5.74) is 0.447. The number of thiophene rings is 1. The fraction of sp³-hybridized carbons (Fsp3) is 0.118. The Morgan fingerprint density at radius 2 is 2.08 bits per heavy atom. The molecule has 1 heterocycles. The molecule has 8 heteroatoms. The summed E-state index contributed by atoms with van der Waals surface area (Å²) in [6, 6.07) is 11.6. The summed E-state index contributed by atoms with van der Waals surface area (Å²) < 4.78 is 6.01. The van der Waals surface area contributed by atoms with Crippen molar-refractivity contribution >= 4 is 55.4 Å². The number of nitro benzene ring substituents is 1. The van der Waals surface area contributed by atoms with Crippen LogP contribution < -0.4 is 5.32 Å². The van der Waals surface area contributed by atoms with Crippen LogP contribution >= 0.6 is 22.9 Å². The molecule has 0 aliphatic rings. The van der Waals surface area contributed by atoms with Crippen LogP contribution in [0.4, 0.5) is 16.4 Å². The number of rotatable bonds is 5. The van der Waals surface area contributed by atoms with E-state index in [1.54, 1.807) is 6.92 Å². The van der Waals surface area contributed by atoms with Crippen LogP contribution in [0, 0.1) is 10.1 Å². The molecule has 1 aromatic heterocycles. The van der Waals surface area contributed by atoms with Gasteiger partial charge in [0.25, 0.3) is 5.69 Å². The topological polar surface area (TPSA) is 81.5 Å². The maximum absolute atomic E-state index is 12.4. The van der Waals surface area contributed by atoms with E-state index in [0.29, 0.717) is 15.6 Å². The summed E-state index contributed by atoms with van der Waals surface area (Å²) in [5.74, 6) is -0.480. The van der Waals surface area contributed by atoms with E-state index < -0.39 is 10.9 Å². The van der Waals surface area contributed by atoms with E-state index in [9.17, 15) is 14.9 Å². The standard InChI is InChI=1S/C17H13ClN2O4S/c1-2-24-17(21)15-11-5-3-4-6-14(11)25-16(15)19-12-9-10(18)7-8-13(12)20(22)23/h3-9,19H,2H2,1H3. The summed E-state index contributed by atoms with van der Waals surface area (Å²) in [7, 11) is 0. The van der Waals surface area contributed by atoms with E-state index >= 15 is 0 Å². The van der Waals surface area contributed by atoms with Gasteiger partial charge in [-0.25, -0.2) is 4.79 Å². The van der Waals surface area contributed by atoms with Gasteiger partial charge in [0.2, 0.25) is 0 Å². The predicted molar refractivity (Wildman–Crippen MR) is 99.2 cm³/mol. The van der Waals surface area contributed by atoms with Crippen molar-refractivity contribution in [2.75, 3.05) is 11.9 Å². The van der Waals surface area contributed by atoms with Crippen LogP contribution in [0.2, 0.25) is 5.02 Å². The fourth-order valence-corrected chi connectivity index (χ4v) is 3.70. The van der Waals surface area contributed by atoms with Gasteiger partial charge in [-0.15, -0.1) is 11.3 Å². The van der Waals surface area contributed by atoms with E-state index in [1.165, 1.54) is 29.5 Å². The second-order valence-corrected chi connectivity index (χ2v) is 6.56. The molecule has 0 unspecified atom stereocenters. The van der Waals surface area contributed by atoms with Gasteiger partial charge in [-0.1, -0.05) is 29.8 Å². The highest BCUT2D eigenvalue weighted by Gasteiger charge is 2.22. The summed E-state index contributed by atoms with van der Waals surface area (Å²) in [6.45, 7) is 1.96. The molecule has 2 aromatic carbocycles. The number of carbonyl (C=O) groups is 1. The molecule has 0 spiro atoms. The largest absolute Gasteiger partial charge is 0.462 e. The van der Waals surface area contributed by atoms with E-state index in [2.05, 4.69) is 5.32 Å². The molecule has 1 N–H and O–H groups in total. The van der Waals surface area contributed by atoms with E-state index in [1.807, 2.05) is 24.3 Å². The smallest absolute Gasteiger partial charge is 0.341 e. The Hall–Kier alpha value is -2.64. The van der Waals surface area contributed by atoms with Crippen LogP contribution in [0.3, 0.4) is 0 Å². The number of nitro groups is 1. The first-order chi connectivity index (χ1) is 12.0. The van der Waals surface area contributed by atoms with Crippen LogP contribution in [0.15, 0.2) is 42.5 Å². The number of carbonyl (C=O) groups excluding carboxylic acids is 1. The first-order valence-corrected chi connectivity index (χ1v) is 8.60. The normalized spacial score (nSPS) is 10.6. The number of nitrogens with zero attached hydrogens (tertiary/aromatic N) is 1. The molecule has 0 saturated carbocycles. The minimum atomic E-state index is -0.504. The van der Waals surface area contributed by atoms with Gasteiger partial charge in [-0.3, -0.25) is 10.1 Å². The third kappa shape index (κ3) is 3.42. The number of esters is 1. The van der Waals surface area contributed by atoms with E-state index in [-0.39, 0.29) is 18.0 Å². The Bertz CT molecular complexity index is 970. The van der Waals surface area contributed by atoms with Crippen molar-refractivity contribution in [1.29, 1.82) is 0 Å². The van der Waals surface area contributed by atoms with Gasteiger partial charge in [0.15, 0.2) is 0 Å². The third-order valence-electron chi connectivity index (χ3n) is 3.48. The lowest BCUT2D eigenvalue weighted by Crippen LogP contribution is -2.06. The van der Waals surface area contributed by atoms with Gasteiger partial charge < -0.3 is 10.1 Å². The van der Waals surface area contributed by atoms with Gasteiger partial charge in [-0.05, 0) is 25.1 Å². The molecule has 0 saturated heterocycles. The molecule has 25 heavy (non-hydrogen) atoms. The van der Waals surface area contributed by atoms with Crippen LogP contribution in [0.1, 0.15) is 17.3 Å². The molecule has 6 nitrogen and oxygen atoms in total. The lowest BCUT2D eigenvalue weighted by molar-refractivity contribution is -0.383. The van der Waals surface area contributed by atoms with Crippen molar-refractivity contribution in [2.45, 2.75) is 6.92 Å². The maximum Gasteiger partial charge on any atom is 0.341 e. The van der Waals surface area contributed by atoms with Crippen LogP contribution in [0.25, 0.3) is 10.1 Å². The number of benzene rings is 2. The zero-order valence-electron chi connectivity index (χ0n) is 13.1. The van der Waals surface area contributed by atoms with Crippen molar-refractivity contribution in [3.8, 4) is 0 Å². The monoisotopic (exact) mass is 376 g/mol. The van der Waals surface area contributed by atoms with Gasteiger partial charge in [0.05, 0.1) is 11.5 Å². The second kappa shape index (κ2) is 7.08. The first kappa shape index (κ1) is 17.2. The van der Waals surface area contributed by atoms with Gasteiger partial charge in [-0.2, -0.15) is 0 Å². The Morgan fingerprint density at radius 3 is 2.80 bits per heavy atom. The molecule has 3 rings (SSSR count). The molecule has 0 bridgehead atoms. The van der Waals surface area contributed by atoms with Crippen molar-refractivity contribution in [1.82, 2.24) is 0 Å². The second-order valence-electron chi connectivity index (χ2n) is 5.07. The molecule has 0 radical (unpaired) electrons. The summed E-state index contributed by atoms with van der Waals surface area (Å²) in [5, 5.41) is 15.8. The zero-order chi connectivity index (χ0) is 18.0. The third-order valence-corrected chi connectivity index (χ3v) is 4.80. The number of nitrogens with one attached hydrogen (secondary N) is 1. The summed E-state index contributed by atoms with van der Waals surface area (Å²) in [6.07, 6.45) is 0. The number of fused-ring (bicyclic) bond motifs is 1. The fourth-order valence-electron chi connectivity index (χ4n) is 2.43. The minimum absolute atomic E-state index is 0.128. The average Bonchev–Trinajstić information content (AvgIpc) is 2.92. The van der Waals surface area contributed by atoms with Crippen LogP contribution in [-0.2, 0) is 4.74 Å². The highest BCUT2D eigenvalue weighted by molar-refractivity contribution is 7.23. The molecular weight excluding hydrogens is 364 g/mol. The summed E-state index contributed by atoms with van der Waals surface area (Å²) >= 11 is 7.29. The van der Waals surface area contributed by atoms with Crippen molar-refractivity contribution < 1.29 is 14.5 Å². The SMILES string of the molecule is CCOC(=O)c1c(Nc2cc(Cl)ccc2[N+](=O)[O-])sc2ccccc12. The molecule has 0 amide bonds. The summed E-state index contributed by atoms with van der Waals surface area (Å²) in [4.78, 5) is 23.1. The Kier molecular flexibility index (Phi) is 4.87. The Balaban J connectivity index is 2.13. The zero-order valence-corrected chi connectivity index (χ0v) is 14.7. The molecule has 0 aliphatic heterocycles. The van der Waals surface area contributed by atoms with E-state index in [4.69, 9.17) is 16.3 Å². The lowest BCUT2D eigenvalue weighted by Gasteiger charge is -2.08. The number of hydrogen-bond acceptors (Lipinski definition) is 6. The van der Waals surface area contributed by atoms with Gasteiger partial charge in [0.1, 0.15) is 16.3 Å².